The van der Waals surface area contributed by atoms with Crippen molar-refractivity contribution in [2.75, 3.05) is 4.90 Å². The van der Waals surface area contributed by atoms with Gasteiger partial charge >= 0.3 is 0 Å². The Kier molecular flexibility index (Phi) is 5.27. The van der Waals surface area contributed by atoms with E-state index in [-0.39, 0.29) is 17.0 Å². The summed E-state index contributed by atoms with van der Waals surface area (Å²) < 4.78 is 0. The molecule has 1 atom stereocenters. The highest BCUT2D eigenvalue weighted by atomic mass is 35.5. The molecule has 154 valence electrons. The number of carbonyl (C=O) groups excluding carboxylic acids is 2. The molecule has 1 aliphatic rings. The Hall–Kier alpha value is -3.97. The topological polar surface area (TPSA) is 101 Å². The highest BCUT2D eigenvalue weighted by molar-refractivity contribution is 6.51. The zero-order chi connectivity index (χ0) is 22.1. The number of halogens is 1. The van der Waals surface area contributed by atoms with E-state index >= 15 is 0 Å². The van der Waals surface area contributed by atoms with E-state index in [1.165, 1.54) is 23.1 Å². The van der Waals surface area contributed by atoms with Crippen LogP contribution in [0.25, 0.3) is 5.76 Å². The Balaban J connectivity index is 1.97. The van der Waals surface area contributed by atoms with Crippen molar-refractivity contribution in [1.82, 2.24) is 0 Å². The van der Waals surface area contributed by atoms with Gasteiger partial charge in [0.1, 0.15) is 5.76 Å². The summed E-state index contributed by atoms with van der Waals surface area (Å²) in [4.78, 5) is 38.0. The average molecular weight is 435 g/mol. The number of hydrogen-bond donors (Lipinski definition) is 1. The number of nitrogens with zero attached hydrogens (tertiary/aromatic N) is 2. The van der Waals surface area contributed by atoms with Gasteiger partial charge in [-0.15, -0.1) is 0 Å². The van der Waals surface area contributed by atoms with Crippen LogP contribution in [-0.4, -0.2) is 21.7 Å². The lowest BCUT2D eigenvalue weighted by Crippen LogP contribution is -2.29. The first-order chi connectivity index (χ1) is 14.9. The normalized spacial score (nSPS) is 17.7. The minimum atomic E-state index is -1.05. The fraction of sp³-hybridized carbons (Fsp3) is 0.0435. The fourth-order valence-corrected chi connectivity index (χ4v) is 3.70. The van der Waals surface area contributed by atoms with E-state index in [0.29, 0.717) is 21.8 Å². The first-order valence-electron chi connectivity index (χ1n) is 9.25. The number of nitro benzene ring substituents is 1. The number of carbonyl (C=O) groups is 2. The fourth-order valence-electron chi connectivity index (χ4n) is 3.58. The predicted molar refractivity (Wildman–Crippen MR) is 116 cm³/mol. The summed E-state index contributed by atoms with van der Waals surface area (Å²) in [6.07, 6.45) is 0. The van der Waals surface area contributed by atoms with E-state index in [2.05, 4.69) is 0 Å². The van der Waals surface area contributed by atoms with E-state index in [4.69, 9.17) is 11.6 Å². The van der Waals surface area contributed by atoms with Gasteiger partial charge in [-0.05, 0) is 29.8 Å². The van der Waals surface area contributed by atoms with Gasteiger partial charge in [-0.2, -0.15) is 0 Å². The molecule has 8 heteroatoms. The molecule has 1 unspecified atom stereocenters. The molecule has 4 rings (SSSR count). The third-order valence-electron chi connectivity index (χ3n) is 4.99. The first kappa shape index (κ1) is 20.3. The highest BCUT2D eigenvalue weighted by Crippen LogP contribution is 2.42. The lowest BCUT2D eigenvalue weighted by Gasteiger charge is -2.25. The number of benzene rings is 3. The van der Waals surface area contributed by atoms with Gasteiger partial charge in [0.25, 0.3) is 17.4 Å². The van der Waals surface area contributed by atoms with E-state index in [1.807, 2.05) is 0 Å². The maximum atomic E-state index is 13.0. The predicted octanol–water partition coefficient (Wildman–Crippen LogP) is 4.87. The third-order valence-corrected chi connectivity index (χ3v) is 5.25. The van der Waals surface area contributed by atoms with Crippen LogP contribution in [0.4, 0.5) is 11.4 Å². The van der Waals surface area contributed by atoms with Gasteiger partial charge in [-0.3, -0.25) is 24.6 Å². The zero-order valence-corrected chi connectivity index (χ0v) is 16.7. The second kappa shape index (κ2) is 8.04. The van der Waals surface area contributed by atoms with Gasteiger partial charge in [-0.25, -0.2) is 0 Å². The number of nitro groups is 1. The van der Waals surface area contributed by atoms with Crippen LogP contribution in [-0.2, 0) is 9.59 Å². The van der Waals surface area contributed by atoms with Gasteiger partial charge in [-0.1, -0.05) is 54.1 Å². The van der Waals surface area contributed by atoms with Crippen molar-refractivity contribution >= 4 is 40.4 Å². The SMILES string of the molecule is O=C1C(=O)N(c2ccc(Cl)cc2)C(c2cccc([N+](=O)[O-])c2)C1=C(O)c1ccccc1. The molecule has 0 saturated carbocycles. The van der Waals surface area contributed by atoms with Crippen LogP contribution < -0.4 is 4.90 Å². The summed E-state index contributed by atoms with van der Waals surface area (Å²) >= 11 is 5.96. The number of amides is 1. The summed E-state index contributed by atoms with van der Waals surface area (Å²) in [6, 6.07) is 19.2. The summed E-state index contributed by atoms with van der Waals surface area (Å²) in [5.74, 6) is -2.09. The number of Topliss-reactive ketones (excluding diaryl/α,β-unsaturated/α-hetero) is 1. The molecule has 0 aromatic heterocycles. The number of hydrogen-bond acceptors (Lipinski definition) is 5. The molecule has 31 heavy (non-hydrogen) atoms. The van der Waals surface area contributed by atoms with Crippen molar-refractivity contribution in [2.24, 2.45) is 0 Å². The molecule has 1 aliphatic heterocycles. The molecule has 3 aromatic rings. The van der Waals surface area contributed by atoms with E-state index < -0.39 is 22.7 Å². The molecule has 1 heterocycles. The Labute approximate surface area is 182 Å². The molecule has 3 aromatic carbocycles. The second-order valence-electron chi connectivity index (χ2n) is 6.86. The minimum absolute atomic E-state index is 0.147. The number of ketones is 1. The van der Waals surface area contributed by atoms with Crippen LogP contribution in [0.2, 0.25) is 5.02 Å². The third kappa shape index (κ3) is 3.67. The highest BCUT2D eigenvalue weighted by Gasteiger charge is 2.47. The largest absolute Gasteiger partial charge is 0.507 e. The number of rotatable bonds is 4. The Morgan fingerprint density at radius 3 is 2.29 bits per heavy atom. The molecule has 1 fully saturated rings. The van der Waals surface area contributed by atoms with Gasteiger partial charge < -0.3 is 5.11 Å². The van der Waals surface area contributed by atoms with Crippen molar-refractivity contribution in [2.45, 2.75) is 6.04 Å². The summed E-state index contributed by atoms with van der Waals surface area (Å²) in [7, 11) is 0. The molecular formula is C23H15ClN2O5. The van der Waals surface area contributed by atoms with Crippen LogP contribution in [0.15, 0.2) is 84.4 Å². The van der Waals surface area contributed by atoms with Crippen molar-refractivity contribution in [3.05, 3.63) is 111 Å². The lowest BCUT2D eigenvalue weighted by atomic mass is 9.95. The van der Waals surface area contributed by atoms with Crippen molar-refractivity contribution < 1.29 is 19.6 Å². The number of aliphatic hydroxyl groups excluding tert-OH is 1. The standard InChI is InChI=1S/C23H15ClN2O5/c24-16-9-11-17(12-10-16)25-20(15-7-4-8-18(13-15)26(30)31)19(22(28)23(25)29)21(27)14-5-2-1-3-6-14/h1-13,20,27H. The molecule has 0 radical (unpaired) electrons. The van der Waals surface area contributed by atoms with Crippen LogP contribution in [0.3, 0.4) is 0 Å². The zero-order valence-electron chi connectivity index (χ0n) is 15.9. The monoisotopic (exact) mass is 434 g/mol. The Morgan fingerprint density at radius 2 is 1.65 bits per heavy atom. The first-order valence-corrected chi connectivity index (χ1v) is 9.62. The van der Waals surface area contributed by atoms with Gasteiger partial charge in [0.05, 0.1) is 16.5 Å². The molecule has 1 amide bonds. The summed E-state index contributed by atoms with van der Waals surface area (Å²) in [5.41, 5.74) is 0.702. The molecule has 7 nitrogen and oxygen atoms in total. The smallest absolute Gasteiger partial charge is 0.300 e. The summed E-state index contributed by atoms with van der Waals surface area (Å²) in [6.45, 7) is 0. The number of aliphatic hydroxyl groups is 1. The van der Waals surface area contributed by atoms with Crippen molar-refractivity contribution in [3.63, 3.8) is 0 Å². The molecule has 1 N–H and O–H groups in total. The van der Waals surface area contributed by atoms with Crippen molar-refractivity contribution in [1.29, 1.82) is 0 Å². The molecule has 0 spiro atoms. The molecular weight excluding hydrogens is 420 g/mol. The average Bonchev–Trinajstić information content (AvgIpc) is 3.05. The second-order valence-corrected chi connectivity index (χ2v) is 7.30. The van der Waals surface area contributed by atoms with Crippen LogP contribution >= 0.6 is 11.6 Å². The van der Waals surface area contributed by atoms with Crippen LogP contribution in [0.5, 0.6) is 0 Å². The quantitative estimate of drug-likeness (QED) is 0.207. The van der Waals surface area contributed by atoms with Gasteiger partial charge in [0.15, 0.2) is 0 Å². The van der Waals surface area contributed by atoms with E-state index in [9.17, 15) is 24.8 Å². The van der Waals surface area contributed by atoms with E-state index in [0.717, 1.165) is 0 Å². The molecule has 0 bridgehead atoms. The lowest BCUT2D eigenvalue weighted by molar-refractivity contribution is -0.384. The van der Waals surface area contributed by atoms with Crippen molar-refractivity contribution in [3.8, 4) is 0 Å². The minimum Gasteiger partial charge on any atom is -0.507 e. The van der Waals surface area contributed by atoms with E-state index in [1.54, 1.807) is 60.7 Å². The van der Waals surface area contributed by atoms with Crippen LogP contribution in [0.1, 0.15) is 17.2 Å². The Morgan fingerprint density at radius 1 is 0.968 bits per heavy atom. The molecule has 1 saturated heterocycles. The van der Waals surface area contributed by atoms with Crippen LogP contribution in [0, 0.1) is 10.1 Å². The maximum absolute atomic E-state index is 13.0. The summed E-state index contributed by atoms with van der Waals surface area (Å²) in [5, 5.41) is 22.7. The molecule has 0 aliphatic carbocycles. The number of anilines is 1. The van der Waals surface area contributed by atoms with Gasteiger partial charge in [0, 0.05) is 28.4 Å². The number of non-ortho nitro benzene ring substituents is 1. The Bertz CT molecular complexity index is 1220. The van der Waals surface area contributed by atoms with Gasteiger partial charge in [0.2, 0.25) is 0 Å². The maximum Gasteiger partial charge on any atom is 0.300 e.